The molecule has 8 nitrogen and oxygen atoms in total. The summed E-state index contributed by atoms with van der Waals surface area (Å²) in [4.78, 5) is 27.9. The van der Waals surface area contributed by atoms with Crippen LogP contribution in [0.3, 0.4) is 0 Å². The number of amides is 2. The maximum atomic E-state index is 11.8. The molecule has 5 aromatic rings. The average Bonchev–Trinajstić information content (AvgIpc) is 3.46. The topological polar surface area (TPSA) is 103 Å². The molecule has 41 heavy (non-hydrogen) atoms. The summed E-state index contributed by atoms with van der Waals surface area (Å²) in [6.07, 6.45) is 1.12. The lowest BCUT2D eigenvalue weighted by molar-refractivity contribution is -0.118. The number of imide groups is 1. The number of fused-ring (bicyclic) bond motifs is 1. The third kappa shape index (κ3) is 6.05. The Morgan fingerprint density at radius 1 is 0.902 bits per heavy atom. The molecule has 206 valence electrons. The number of thioether (sulfide) groups is 1. The first-order valence-electron chi connectivity index (χ1n) is 13.1. The van der Waals surface area contributed by atoms with Crippen LogP contribution in [0.5, 0.6) is 23.0 Å². The minimum absolute atomic E-state index is 0.193. The highest BCUT2D eigenvalue weighted by Crippen LogP contribution is 2.31. The van der Waals surface area contributed by atoms with Gasteiger partial charge in [0.25, 0.3) is 5.24 Å². The Morgan fingerprint density at radius 3 is 2.37 bits per heavy atom. The van der Waals surface area contributed by atoms with Gasteiger partial charge in [0.1, 0.15) is 35.4 Å². The fourth-order valence-electron chi connectivity index (χ4n) is 4.73. The molecule has 1 atom stereocenters. The molecule has 0 radical (unpaired) electrons. The van der Waals surface area contributed by atoms with Crippen LogP contribution >= 0.6 is 11.8 Å². The first kappa shape index (κ1) is 26.5. The van der Waals surface area contributed by atoms with Gasteiger partial charge in [0.2, 0.25) is 5.91 Å². The number of phenolic OH excluding ortho intramolecular Hbond substituents is 1. The number of rotatable bonds is 9. The van der Waals surface area contributed by atoms with Gasteiger partial charge < -0.3 is 19.1 Å². The number of ether oxygens (including phenoxy) is 2. The van der Waals surface area contributed by atoms with E-state index >= 15 is 0 Å². The molecule has 1 saturated heterocycles. The van der Waals surface area contributed by atoms with Crippen LogP contribution in [0.4, 0.5) is 4.79 Å². The molecule has 1 unspecified atom stereocenters. The molecular formula is C32H27N3O5S. The van der Waals surface area contributed by atoms with E-state index in [2.05, 4.69) is 5.32 Å². The number of benzene rings is 4. The zero-order chi connectivity index (χ0) is 28.3. The first-order chi connectivity index (χ1) is 19.9. The van der Waals surface area contributed by atoms with Gasteiger partial charge in [-0.3, -0.25) is 14.9 Å². The van der Waals surface area contributed by atoms with E-state index in [1.165, 1.54) is 0 Å². The monoisotopic (exact) mass is 565 g/mol. The molecule has 0 spiro atoms. The molecule has 2 heterocycles. The second-order valence-electron chi connectivity index (χ2n) is 9.81. The maximum Gasteiger partial charge on any atom is 0.286 e. The van der Waals surface area contributed by atoms with Crippen LogP contribution in [-0.2, 0) is 31.3 Å². The number of hydrogen-bond donors (Lipinski definition) is 2. The lowest BCUT2D eigenvalue weighted by atomic mass is 10.0. The van der Waals surface area contributed by atoms with Gasteiger partial charge in [-0.1, -0.05) is 60.3 Å². The predicted octanol–water partition coefficient (Wildman–Crippen LogP) is 6.14. The van der Waals surface area contributed by atoms with Crippen LogP contribution in [0, 0.1) is 0 Å². The Balaban J connectivity index is 1.09. The maximum absolute atomic E-state index is 11.8. The van der Waals surface area contributed by atoms with E-state index in [1.807, 2.05) is 96.5 Å². The minimum Gasteiger partial charge on any atom is -0.508 e. The highest BCUT2D eigenvalue weighted by atomic mass is 32.2. The second kappa shape index (κ2) is 11.4. The Morgan fingerprint density at radius 2 is 1.63 bits per heavy atom. The second-order valence-corrected chi connectivity index (χ2v) is 11.0. The third-order valence-electron chi connectivity index (χ3n) is 6.95. The number of aromatic nitrogens is 2. The molecule has 0 aliphatic carbocycles. The highest BCUT2D eigenvalue weighted by molar-refractivity contribution is 8.15. The third-order valence-corrected chi connectivity index (χ3v) is 7.94. The Kier molecular flexibility index (Phi) is 7.35. The van der Waals surface area contributed by atoms with Gasteiger partial charge in [0.15, 0.2) is 0 Å². The van der Waals surface area contributed by atoms with Crippen molar-refractivity contribution in [1.82, 2.24) is 14.9 Å². The molecule has 2 amide bonds. The van der Waals surface area contributed by atoms with Gasteiger partial charge in [-0.25, -0.2) is 4.98 Å². The Bertz CT molecular complexity index is 1730. The van der Waals surface area contributed by atoms with Gasteiger partial charge in [-0.15, -0.1) is 0 Å². The SMILES string of the molecule is Cn1c(COc2ccc(CC3SC(=O)NC3=O)cc2)nc2ccc(Oc3ccc(Cc4ccccc4)c(O)c3)cc21. The van der Waals surface area contributed by atoms with Crippen molar-refractivity contribution in [3.8, 4) is 23.0 Å². The molecule has 1 aliphatic rings. The lowest BCUT2D eigenvalue weighted by Crippen LogP contribution is -2.25. The fourth-order valence-corrected chi connectivity index (χ4v) is 5.59. The predicted molar refractivity (Wildman–Crippen MR) is 158 cm³/mol. The summed E-state index contributed by atoms with van der Waals surface area (Å²) in [7, 11) is 1.93. The van der Waals surface area contributed by atoms with Crippen molar-refractivity contribution < 1.29 is 24.2 Å². The Labute approximate surface area is 240 Å². The van der Waals surface area contributed by atoms with E-state index in [0.29, 0.717) is 30.1 Å². The van der Waals surface area contributed by atoms with E-state index in [9.17, 15) is 14.7 Å². The van der Waals surface area contributed by atoms with Gasteiger partial charge in [-0.05, 0) is 53.4 Å². The number of hydrogen-bond acceptors (Lipinski definition) is 7. The van der Waals surface area contributed by atoms with Crippen molar-refractivity contribution in [2.24, 2.45) is 7.05 Å². The number of nitrogens with one attached hydrogen (secondary N) is 1. The van der Waals surface area contributed by atoms with Crippen LogP contribution in [0.15, 0.2) is 91.0 Å². The van der Waals surface area contributed by atoms with E-state index < -0.39 is 5.25 Å². The number of carbonyl (C=O) groups is 2. The molecular weight excluding hydrogens is 538 g/mol. The molecule has 2 N–H and O–H groups in total. The molecule has 1 aliphatic heterocycles. The van der Waals surface area contributed by atoms with Crippen molar-refractivity contribution in [3.05, 3.63) is 114 Å². The highest BCUT2D eigenvalue weighted by Gasteiger charge is 2.31. The molecule has 1 fully saturated rings. The van der Waals surface area contributed by atoms with Gasteiger partial charge >= 0.3 is 0 Å². The van der Waals surface area contributed by atoms with Crippen molar-refractivity contribution >= 4 is 33.9 Å². The van der Waals surface area contributed by atoms with Crippen molar-refractivity contribution in [3.63, 3.8) is 0 Å². The normalized spacial score (nSPS) is 14.8. The Hall–Kier alpha value is -4.76. The van der Waals surface area contributed by atoms with Crippen LogP contribution < -0.4 is 14.8 Å². The summed E-state index contributed by atoms with van der Waals surface area (Å²) in [6.45, 7) is 0.271. The molecule has 6 rings (SSSR count). The minimum atomic E-state index is -0.396. The van der Waals surface area contributed by atoms with Gasteiger partial charge in [0, 0.05) is 25.6 Å². The largest absolute Gasteiger partial charge is 0.508 e. The number of carbonyl (C=O) groups excluding carboxylic acids is 2. The summed E-state index contributed by atoms with van der Waals surface area (Å²) in [6, 6.07) is 28.6. The summed E-state index contributed by atoms with van der Waals surface area (Å²) >= 11 is 1.02. The summed E-state index contributed by atoms with van der Waals surface area (Å²) in [5.74, 6) is 2.56. The van der Waals surface area contributed by atoms with Crippen molar-refractivity contribution in [1.29, 1.82) is 0 Å². The smallest absolute Gasteiger partial charge is 0.286 e. The van der Waals surface area contributed by atoms with Crippen LogP contribution in [0.1, 0.15) is 22.5 Å². The van der Waals surface area contributed by atoms with Crippen molar-refractivity contribution in [2.45, 2.75) is 24.7 Å². The molecule has 0 bridgehead atoms. The van der Waals surface area contributed by atoms with Crippen LogP contribution in [0.25, 0.3) is 11.0 Å². The summed E-state index contributed by atoms with van der Waals surface area (Å²) in [5, 5.41) is 12.2. The van der Waals surface area contributed by atoms with E-state index in [1.54, 1.807) is 6.07 Å². The quantitative estimate of drug-likeness (QED) is 0.221. The van der Waals surface area contributed by atoms with E-state index in [4.69, 9.17) is 14.5 Å². The number of aromatic hydroxyl groups is 1. The van der Waals surface area contributed by atoms with E-state index in [0.717, 1.165) is 45.3 Å². The zero-order valence-electron chi connectivity index (χ0n) is 22.2. The van der Waals surface area contributed by atoms with Crippen LogP contribution in [0.2, 0.25) is 0 Å². The summed E-state index contributed by atoms with van der Waals surface area (Å²) in [5.41, 5.74) is 4.62. The number of aryl methyl sites for hydroxylation is 1. The fraction of sp³-hybridized carbons (Fsp3) is 0.156. The van der Waals surface area contributed by atoms with Crippen LogP contribution in [-0.4, -0.2) is 31.1 Å². The molecule has 1 aromatic heterocycles. The average molecular weight is 566 g/mol. The first-order valence-corrected chi connectivity index (χ1v) is 14.0. The number of phenols is 1. The number of imidazole rings is 1. The summed E-state index contributed by atoms with van der Waals surface area (Å²) < 4.78 is 14.0. The standard InChI is InChI=1S/C32H27N3O5S/c1-35-27-17-24(40-25-12-9-22(28(36)18-25)15-20-5-3-2-4-6-20)13-14-26(27)33-30(35)19-39-23-10-7-21(8-11-23)16-29-31(37)34-32(38)41-29/h2-14,17-18,29,36H,15-16,19H2,1H3,(H,34,37,38). The van der Waals surface area contributed by atoms with E-state index in [-0.39, 0.29) is 23.5 Å². The van der Waals surface area contributed by atoms with Gasteiger partial charge in [-0.2, -0.15) is 0 Å². The molecule has 9 heteroatoms. The van der Waals surface area contributed by atoms with Gasteiger partial charge in [0.05, 0.1) is 16.3 Å². The zero-order valence-corrected chi connectivity index (χ0v) is 23.1. The molecule has 0 saturated carbocycles. The van der Waals surface area contributed by atoms with Crippen molar-refractivity contribution in [2.75, 3.05) is 0 Å². The lowest BCUT2D eigenvalue weighted by Gasteiger charge is -2.10. The number of nitrogens with zero attached hydrogens (tertiary/aromatic N) is 2. The molecule has 4 aromatic carbocycles.